The second-order valence-corrected chi connectivity index (χ2v) is 3.12. The smallest absolute Gasteiger partial charge is 0.460 e. The quantitative estimate of drug-likeness (QED) is 0.728. The molecule has 90 valence electrons. The van der Waals surface area contributed by atoms with Gasteiger partial charge in [-0.3, -0.25) is 9.69 Å². The number of aliphatic carboxylic acids is 1. The average molecular weight is 249 g/mol. The van der Waals surface area contributed by atoms with Gasteiger partial charge in [-0.15, -0.1) is 12.4 Å². The SMILES string of the molecule is Cl.O=C(O)CN1CCN(C(F)(F)F)CC1. The molecule has 15 heavy (non-hydrogen) atoms. The molecular formula is C7H12ClF3N2O2. The van der Waals surface area contributed by atoms with E-state index in [2.05, 4.69) is 0 Å². The minimum Gasteiger partial charge on any atom is -0.480 e. The van der Waals surface area contributed by atoms with Crippen LogP contribution in [-0.4, -0.2) is 59.9 Å². The molecule has 1 saturated heterocycles. The average Bonchev–Trinajstić information content (AvgIpc) is 2.02. The summed E-state index contributed by atoms with van der Waals surface area (Å²) in [4.78, 5) is 12.2. The summed E-state index contributed by atoms with van der Waals surface area (Å²) in [6, 6.07) is 0. The van der Waals surface area contributed by atoms with E-state index < -0.39 is 12.3 Å². The molecule has 0 atom stereocenters. The normalized spacial score (nSPS) is 19.7. The summed E-state index contributed by atoms with van der Waals surface area (Å²) in [5.74, 6) is -1.01. The van der Waals surface area contributed by atoms with Crippen molar-refractivity contribution < 1.29 is 23.1 Å². The highest BCUT2D eigenvalue weighted by molar-refractivity contribution is 5.85. The third-order valence-corrected chi connectivity index (χ3v) is 2.09. The Bertz CT molecular complexity index is 217. The molecule has 0 radical (unpaired) electrons. The van der Waals surface area contributed by atoms with Crippen LogP contribution in [0.1, 0.15) is 0 Å². The van der Waals surface area contributed by atoms with E-state index in [1.807, 2.05) is 0 Å². The van der Waals surface area contributed by atoms with Crippen LogP contribution in [0.15, 0.2) is 0 Å². The van der Waals surface area contributed by atoms with Gasteiger partial charge in [-0.05, 0) is 0 Å². The Hall–Kier alpha value is -0.530. The fourth-order valence-electron chi connectivity index (χ4n) is 1.35. The summed E-state index contributed by atoms with van der Waals surface area (Å²) < 4.78 is 36.4. The molecular weight excluding hydrogens is 237 g/mol. The van der Waals surface area contributed by atoms with Crippen molar-refractivity contribution in [3.05, 3.63) is 0 Å². The summed E-state index contributed by atoms with van der Waals surface area (Å²) in [5, 5.41) is 8.41. The van der Waals surface area contributed by atoms with E-state index in [0.717, 1.165) is 0 Å². The number of carboxylic acid groups (broad SMARTS) is 1. The van der Waals surface area contributed by atoms with Crippen molar-refractivity contribution in [1.29, 1.82) is 0 Å². The van der Waals surface area contributed by atoms with Crippen molar-refractivity contribution in [2.24, 2.45) is 0 Å². The van der Waals surface area contributed by atoms with Crippen molar-refractivity contribution in [2.75, 3.05) is 32.7 Å². The van der Waals surface area contributed by atoms with Crippen LogP contribution in [0, 0.1) is 0 Å². The number of alkyl halides is 3. The van der Waals surface area contributed by atoms with Crippen molar-refractivity contribution >= 4 is 18.4 Å². The zero-order valence-corrected chi connectivity index (χ0v) is 8.64. The van der Waals surface area contributed by atoms with Crippen LogP contribution in [0.3, 0.4) is 0 Å². The molecule has 4 nitrogen and oxygen atoms in total. The van der Waals surface area contributed by atoms with Crippen LogP contribution in [0.5, 0.6) is 0 Å². The van der Waals surface area contributed by atoms with Gasteiger partial charge in [-0.25, -0.2) is 4.90 Å². The van der Waals surface area contributed by atoms with Crippen molar-refractivity contribution in [2.45, 2.75) is 6.30 Å². The molecule has 1 rings (SSSR count). The lowest BCUT2D eigenvalue weighted by atomic mass is 10.3. The minimum atomic E-state index is -4.30. The van der Waals surface area contributed by atoms with E-state index in [-0.39, 0.29) is 45.1 Å². The molecule has 0 amide bonds. The van der Waals surface area contributed by atoms with Crippen molar-refractivity contribution in [3.63, 3.8) is 0 Å². The van der Waals surface area contributed by atoms with Crippen molar-refractivity contribution in [1.82, 2.24) is 9.80 Å². The number of rotatable bonds is 2. The van der Waals surface area contributed by atoms with Gasteiger partial charge < -0.3 is 5.11 Å². The predicted octanol–water partition coefficient (Wildman–Crippen LogP) is 0.630. The molecule has 1 heterocycles. The van der Waals surface area contributed by atoms with E-state index in [9.17, 15) is 18.0 Å². The van der Waals surface area contributed by atoms with Gasteiger partial charge in [0.05, 0.1) is 6.54 Å². The van der Waals surface area contributed by atoms with E-state index in [0.29, 0.717) is 4.90 Å². The summed E-state index contributed by atoms with van der Waals surface area (Å²) in [6.45, 7) is -0.211. The molecule has 1 aliphatic heterocycles. The summed E-state index contributed by atoms with van der Waals surface area (Å²) >= 11 is 0. The molecule has 0 aromatic heterocycles. The van der Waals surface area contributed by atoms with Crippen LogP contribution in [0.25, 0.3) is 0 Å². The second-order valence-electron chi connectivity index (χ2n) is 3.12. The molecule has 8 heteroatoms. The number of carbonyl (C=O) groups is 1. The number of carboxylic acids is 1. The highest BCUT2D eigenvalue weighted by Crippen LogP contribution is 2.22. The lowest BCUT2D eigenvalue weighted by Crippen LogP contribution is -2.52. The first-order valence-electron chi connectivity index (χ1n) is 4.15. The van der Waals surface area contributed by atoms with Gasteiger partial charge in [0.1, 0.15) is 0 Å². The highest BCUT2D eigenvalue weighted by Gasteiger charge is 2.38. The fraction of sp³-hybridized carbons (Fsp3) is 0.857. The number of nitrogens with zero attached hydrogens (tertiary/aromatic N) is 2. The Kier molecular flexibility index (Phi) is 5.33. The minimum absolute atomic E-state index is 0. The van der Waals surface area contributed by atoms with Gasteiger partial charge in [0.15, 0.2) is 0 Å². The van der Waals surface area contributed by atoms with Crippen LogP contribution in [0.2, 0.25) is 0 Å². The maximum absolute atomic E-state index is 12.1. The number of piperazine rings is 1. The molecule has 0 spiro atoms. The maximum Gasteiger partial charge on any atom is 0.460 e. The van der Waals surface area contributed by atoms with E-state index in [1.165, 1.54) is 4.90 Å². The molecule has 0 aromatic carbocycles. The molecule has 1 fully saturated rings. The summed E-state index contributed by atoms with van der Waals surface area (Å²) in [6.07, 6.45) is -4.30. The number of hydrogen-bond donors (Lipinski definition) is 1. The Morgan fingerprint density at radius 3 is 2.00 bits per heavy atom. The van der Waals surface area contributed by atoms with Gasteiger partial charge in [-0.1, -0.05) is 0 Å². The van der Waals surface area contributed by atoms with E-state index in [1.54, 1.807) is 0 Å². The van der Waals surface area contributed by atoms with Crippen molar-refractivity contribution in [3.8, 4) is 0 Å². The monoisotopic (exact) mass is 248 g/mol. The van der Waals surface area contributed by atoms with Crippen LogP contribution in [0.4, 0.5) is 13.2 Å². The zero-order valence-electron chi connectivity index (χ0n) is 7.83. The zero-order chi connectivity index (χ0) is 10.8. The number of hydrogen-bond acceptors (Lipinski definition) is 3. The standard InChI is InChI=1S/C7H11F3N2O2.ClH/c8-7(9,10)12-3-1-11(2-4-12)5-6(13)14;/h1-5H2,(H,13,14);1H. The molecule has 0 bridgehead atoms. The first-order valence-corrected chi connectivity index (χ1v) is 4.15. The predicted molar refractivity (Wildman–Crippen MR) is 49.0 cm³/mol. The topological polar surface area (TPSA) is 43.8 Å². The van der Waals surface area contributed by atoms with Gasteiger partial charge in [-0.2, -0.15) is 13.2 Å². The highest BCUT2D eigenvalue weighted by atomic mass is 35.5. The molecule has 1 N–H and O–H groups in total. The first-order chi connectivity index (χ1) is 6.39. The van der Waals surface area contributed by atoms with E-state index in [4.69, 9.17) is 5.11 Å². The molecule has 0 aliphatic carbocycles. The van der Waals surface area contributed by atoms with Gasteiger partial charge in [0.25, 0.3) is 0 Å². The lowest BCUT2D eigenvalue weighted by Gasteiger charge is -2.34. The molecule has 0 aromatic rings. The van der Waals surface area contributed by atoms with Crippen LogP contribution >= 0.6 is 12.4 Å². The Morgan fingerprint density at radius 2 is 1.67 bits per heavy atom. The molecule has 0 saturated carbocycles. The van der Waals surface area contributed by atoms with E-state index >= 15 is 0 Å². The van der Waals surface area contributed by atoms with Gasteiger partial charge >= 0.3 is 12.3 Å². The second kappa shape index (κ2) is 5.53. The molecule has 0 unspecified atom stereocenters. The summed E-state index contributed by atoms with van der Waals surface area (Å²) in [5.41, 5.74) is 0. The maximum atomic E-state index is 12.1. The summed E-state index contributed by atoms with van der Waals surface area (Å²) in [7, 11) is 0. The largest absolute Gasteiger partial charge is 0.480 e. The van der Waals surface area contributed by atoms with Gasteiger partial charge in [0.2, 0.25) is 0 Å². The Morgan fingerprint density at radius 1 is 1.20 bits per heavy atom. The third kappa shape index (κ3) is 4.67. The lowest BCUT2D eigenvalue weighted by molar-refractivity contribution is -0.252. The Balaban J connectivity index is 0.00000196. The first kappa shape index (κ1) is 14.5. The third-order valence-electron chi connectivity index (χ3n) is 2.09. The Labute approximate surface area is 91.0 Å². The van der Waals surface area contributed by atoms with Gasteiger partial charge in [0, 0.05) is 26.2 Å². The van der Waals surface area contributed by atoms with Crippen LogP contribution in [-0.2, 0) is 4.79 Å². The van der Waals surface area contributed by atoms with Crippen LogP contribution < -0.4 is 0 Å². The molecule has 1 aliphatic rings. The number of halogens is 4. The fourth-order valence-corrected chi connectivity index (χ4v) is 1.35.